The van der Waals surface area contributed by atoms with Crippen molar-refractivity contribution in [1.29, 1.82) is 0 Å². The van der Waals surface area contributed by atoms with Crippen LogP contribution in [0.1, 0.15) is 48.9 Å². The number of hydrogen-bond donors (Lipinski definition) is 1. The van der Waals surface area contributed by atoms with Crippen LogP contribution in [0.4, 0.5) is 20.2 Å². The Bertz CT molecular complexity index is 2080. The van der Waals surface area contributed by atoms with Gasteiger partial charge in [-0.3, -0.25) is 19.0 Å². The summed E-state index contributed by atoms with van der Waals surface area (Å²) in [6.45, 7) is 3.98. The van der Waals surface area contributed by atoms with Gasteiger partial charge in [-0.25, -0.2) is 18.7 Å². The van der Waals surface area contributed by atoms with Gasteiger partial charge in [-0.1, -0.05) is 24.2 Å². The van der Waals surface area contributed by atoms with Crippen molar-refractivity contribution >= 4 is 45.7 Å². The topological polar surface area (TPSA) is 112 Å². The van der Waals surface area contributed by atoms with E-state index in [0.717, 1.165) is 31.7 Å². The molecular formula is C34H29ClF2N6O4. The number of phenols is 1. The van der Waals surface area contributed by atoms with Crippen molar-refractivity contribution in [2.75, 3.05) is 36.5 Å². The number of amides is 2. The molecule has 0 bridgehead atoms. The molecule has 3 fully saturated rings. The fourth-order valence-electron chi connectivity index (χ4n) is 7.11. The first-order chi connectivity index (χ1) is 22.6. The number of fused-ring (bicyclic) bond motifs is 5. The summed E-state index contributed by atoms with van der Waals surface area (Å²) in [5.41, 5.74) is 0.167. The second kappa shape index (κ2) is 10.6. The number of halogens is 3. The Morgan fingerprint density at radius 3 is 2.32 bits per heavy atom. The van der Waals surface area contributed by atoms with Crippen LogP contribution in [0.5, 0.6) is 5.75 Å². The highest BCUT2D eigenvalue weighted by Gasteiger charge is 2.45. The normalized spacial score (nSPS) is 19.2. The molecule has 2 aliphatic carbocycles. The molecule has 4 aromatic rings. The maximum absolute atomic E-state index is 17.5. The van der Waals surface area contributed by atoms with E-state index in [-0.39, 0.29) is 64.7 Å². The maximum Gasteiger partial charge on any atom is 0.281 e. The van der Waals surface area contributed by atoms with Gasteiger partial charge in [-0.2, -0.15) is 0 Å². The number of nitrogens with zero attached hydrogens (tertiary/aromatic N) is 6. The van der Waals surface area contributed by atoms with Gasteiger partial charge in [-0.15, -0.1) is 0 Å². The lowest BCUT2D eigenvalue weighted by molar-refractivity contribution is -0.128. The number of carbonyl (C=O) groups is 2. The summed E-state index contributed by atoms with van der Waals surface area (Å²) in [7, 11) is 1.49. The predicted octanol–water partition coefficient (Wildman–Crippen LogP) is 5.02. The average molecular weight is 659 g/mol. The van der Waals surface area contributed by atoms with E-state index >= 15 is 8.78 Å². The van der Waals surface area contributed by atoms with Crippen LogP contribution >= 0.6 is 11.6 Å². The molecule has 0 radical (unpaired) electrons. The standard InChI is InChI=1S/C34H29ClF2N6O4/c1-3-23(45)41-11-12-42-21(14-41)33(46)40(2)32-30(42)18-13-19(35)24(25-20(36)5-4-6-22(25)44)26(37)29(18)43(34(32)47)31-27(16-7-8-16)38-15-39-28(31)17-9-10-17/h3-6,13,15-17,21,44H,1,7-12,14H2,2H3/t21-/m1/s1. The molecule has 2 aromatic carbocycles. The molecule has 4 heterocycles. The quantitative estimate of drug-likeness (QED) is 0.300. The van der Waals surface area contributed by atoms with Gasteiger partial charge in [0.15, 0.2) is 5.82 Å². The number of likely N-dealkylation sites (N-methyl/N-ethyl adjacent to an activating group) is 1. The van der Waals surface area contributed by atoms with Gasteiger partial charge in [0.2, 0.25) is 5.91 Å². The Morgan fingerprint density at radius 1 is 1.02 bits per heavy atom. The smallest absolute Gasteiger partial charge is 0.281 e. The highest BCUT2D eigenvalue weighted by Crippen LogP contribution is 2.51. The molecule has 1 saturated heterocycles. The molecular weight excluding hydrogens is 630 g/mol. The third kappa shape index (κ3) is 4.37. The van der Waals surface area contributed by atoms with Gasteiger partial charge in [0.1, 0.15) is 29.6 Å². The molecule has 1 atom stereocenters. The van der Waals surface area contributed by atoms with Crippen LogP contribution in [0.2, 0.25) is 5.02 Å². The molecule has 2 amide bonds. The van der Waals surface area contributed by atoms with Crippen molar-refractivity contribution in [2.45, 2.75) is 43.6 Å². The van der Waals surface area contributed by atoms with Crippen molar-refractivity contribution in [3.8, 4) is 22.6 Å². The fourth-order valence-corrected chi connectivity index (χ4v) is 7.40. The Labute approximate surface area is 272 Å². The second-order valence-corrected chi connectivity index (χ2v) is 13.0. The van der Waals surface area contributed by atoms with Crippen molar-refractivity contribution in [3.63, 3.8) is 0 Å². The molecule has 2 saturated carbocycles. The molecule has 4 aliphatic rings. The van der Waals surface area contributed by atoms with Crippen molar-refractivity contribution in [3.05, 3.63) is 81.6 Å². The zero-order valence-corrected chi connectivity index (χ0v) is 26.1. The number of aromatic nitrogens is 3. The van der Waals surface area contributed by atoms with Gasteiger partial charge in [0.05, 0.1) is 45.4 Å². The highest BCUT2D eigenvalue weighted by atomic mass is 35.5. The van der Waals surface area contributed by atoms with Crippen LogP contribution in [0.15, 0.2) is 48.0 Å². The van der Waals surface area contributed by atoms with Crippen LogP contribution in [0, 0.1) is 11.6 Å². The highest BCUT2D eigenvalue weighted by molar-refractivity contribution is 6.35. The van der Waals surface area contributed by atoms with E-state index in [4.69, 9.17) is 11.6 Å². The Kier molecular flexibility index (Phi) is 6.66. The molecule has 2 aromatic heterocycles. The Balaban J connectivity index is 1.51. The van der Waals surface area contributed by atoms with E-state index in [1.165, 1.54) is 52.0 Å². The van der Waals surface area contributed by atoms with Gasteiger partial charge in [-0.05, 0) is 50.0 Å². The largest absolute Gasteiger partial charge is 0.507 e. The Hall–Kier alpha value is -4.84. The van der Waals surface area contributed by atoms with Crippen LogP contribution in [0.3, 0.4) is 0 Å². The molecule has 8 rings (SSSR count). The number of hydrogen-bond acceptors (Lipinski definition) is 7. The first kappa shape index (κ1) is 29.6. The molecule has 10 nitrogen and oxygen atoms in total. The third-order valence-electron chi connectivity index (χ3n) is 9.68. The molecule has 2 aliphatic heterocycles. The van der Waals surface area contributed by atoms with Gasteiger partial charge in [0.25, 0.3) is 11.5 Å². The number of benzene rings is 2. The zero-order chi connectivity index (χ0) is 32.9. The van der Waals surface area contributed by atoms with E-state index in [1.54, 1.807) is 4.90 Å². The summed E-state index contributed by atoms with van der Waals surface area (Å²) in [5, 5.41) is 10.7. The molecule has 240 valence electrons. The van der Waals surface area contributed by atoms with Crippen LogP contribution < -0.4 is 15.4 Å². The molecule has 47 heavy (non-hydrogen) atoms. The molecule has 1 N–H and O–H groups in total. The van der Waals surface area contributed by atoms with Gasteiger partial charge < -0.3 is 19.8 Å². The van der Waals surface area contributed by atoms with E-state index < -0.39 is 46.0 Å². The number of aromatic hydroxyl groups is 1. The lowest BCUT2D eigenvalue weighted by Gasteiger charge is -2.47. The van der Waals surface area contributed by atoms with Crippen LogP contribution in [-0.2, 0) is 9.59 Å². The minimum atomic E-state index is -1.02. The number of piperazine rings is 1. The minimum absolute atomic E-state index is 0.0200. The number of pyridine rings is 1. The number of rotatable bonds is 5. The van der Waals surface area contributed by atoms with Gasteiger partial charge in [0, 0.05) is 42.9 Å². The van der Waals surface area contributed by atoms with Crippen molar-refractivity contribution in [2.24, 2.45) is 0 Å². The fraction of sp³-hybridized carbons (Fsp3) is 0.324. The minimum Gasteiger partial charge on any atom is -0.507 e. The van der Waals surface area contributed by atoms with Crippen LogP contribution in [0.25, 0.3) is 27.7 Å². The summed E-state index contributed by atoms with van der Waals surface area (Å²) >= 11 is 6.78. The maximum atomic E-state index is 17.5. The first-order valence-corrected chi connectivity index (χ1v) is 15.9. The molecule has 13 heteroatoms. The van der Waals surface area contributed by atoms with E-state index in [1.807, 2.05) is 0 Å². The average Bonchev–Trinajstić information content (AvgIpc) is 3.98. The van der Waals surface area contributed by atoms with E-state index in [9.17, 15) is 19.5 Å². The molecule has 0 spiro atoms. The lowest BCUT2D eigenvalue weighted by Crippen LogP contribution is -2.63. The van der Waals surface area contributed by atoms with E-state index in [2.05, 4.69) is 16.5 Å². The zero-order valence-electron chi connectivity index (χ0n) is 25.3. The summed E-state index contributed by atoms with van der Waals surface area (Å²) in [6, 6.07) is 4.20. The second-order valence-electron chi connectivity index (χ2n) is 12.6. The number of anilines is 2. The van der Waals surface area contributed by atoms with E-state index in [0.29, 0.717) is 17.1 Å². The molecule has 0 unspecified atom stereocenters. The van der Waals surface area contributed by atoms with Crippen molar-refractivity contribution in [1.82, 2.24) is 19.4 Å². The summed E-state index contributed by atoms with van der Waals surface area (Å²) in [6.07, 6.45) is 5.99. The monoisotopic (exact) mass is 658 g/mol. The summed E-state index contributed by atoms with van der Waals surface area (Å²) < 4.78 is 34.0. The summed E-state index contributed by atoms with van der Waals surface area (Å²) in [5.74, 6) is -3.11. The number of carbonyl (C=O) groups excluding carboxylic acids is 2. The predicted molar refractivity (Wildman–Crippen MR) is 172 cm³/mol. The number of phenolic OH excluding ortho intramolecular Hbond substituents is 1. The van der Waals surface area contributed by atoms with Crippen molar-refractivity contribution < 1.29 is 23.5 Å². The summed E-state index contributed by atoms with van der Waals surface area (Å²) in [4.78, 5) is 55.1. The first-order valence-electron chi connectivity index (χ1n) is 15.5. The lowest BCUT2D eigenvalue weighted by atomic mass is 9.96. The Morgan fingerprint density at radius 2 is 1.70 bits per heavy atom. The van der Waals surface area contributed by atoms with Crippen LogP contribution in [-0.4, -0.2) is 69.1 Å². The SMILES string of the molecule is C=CC(=O)N1CCN2c3c(c(=O)n(-c4c(C5CC5)ncnc4C4CC4)c4c(F)c(-c5c(O)cccc5F)c(Cl)cc34)N(C)C(=O)[C@H]2C1. The van der Waals surface area contributed by atoms with Gasteiger partial charge >= 0.3 is 0 Å². The third-order valence-corrected chi connectivity index (χ3v) is 9.98.